The van der Waals surface area contributed by atoms with Crippen LogP contribution in [0.3, 0.4) is 0 Å². The third-order valence-electron chi connectivity index (χ3n) is 5.63. The van der Waals surface area contributed by atoms with Crippen LogP contribution in [0.4, 0.5) is 0 Å². The number of pyridine rings is 1. The van der Waals surface area contributed by atoms with Gasteiger partial charge in [0.1, 0.15) is 0 Å². The quantitative estimate of drug-likeness (QED) is 0.821. The molecule has 0 unspecified atom stereocenters. The fourth-order valence-corrected chi connectivity index (χ4v) is 4.23. The second-order valence-corrected chi connectivity index (χ2v) is 7.61. The number of nitrogens with zero attached hydrogens (tertiary/aromatic N) is 5. The minimum absolute atomic E-state index is 0.0407. The Kier molecular flexibility index (Phi) is 4.92. The fraction of sp³-hybridized carbons (Fsp3) is 0.500. The zero-order valence-corrected chi connectivity index (χ0v) is 15.6. The molecule has 7 nitrogen and oxygen atoms in total. The molecule has 2 atom stereocenters. The Balaban J connectivity index is 1.42. The van der Waals surface area contributed by atoms with Crippen LogP contribution in [-0.2, 0) is 18.3 Å². The summed E-state index contributed by atoms with van der Waals surface area (Å²) in [6, 6.07) is 3.63. The highest BCUT2D eigenvalue weighted by Crippen LogP contribution is 2.29. The van der Waals surface area contributed by atoms with E-state index in [1.807, 2.05) is 29.2 Å². The molecule has 2 aromatic heterocycles. The van der Waals surface area contributed by atoms with Crippen LogP contribution in [0.5, 0.6) is 0 Å². The van der Waals surface area contributed by atoms with E-state index >= 15 is 0 Å². The minimum atomic E-state index is 0.0407. The number of amides is 2. The van der Waals surface area contributed by atoms with E-state index < -0.39 is 0 Å². The Hall–Kier alpha value is -2.70. The summed E-state index contributed by atoms with van der Waals surface area (Å²) in [6.45, 7) is 2.11. The number of hydrogen-bond acceptors (Lipinski definition) is 4. The number of piperidine rings is 1. The number of fused-ring (bicyclic) bond motifs is 4. The maximum Gasteiger partial charge on any atom is 0.254 e. The predicted octanol–water partition coefficient (Wildman–Crippen LogP) is 1.51. The first-order valence-electron chi connectivity index (χ1n) is 9.56. The lowest BCUT2D eigenvalue weighted by atomic mass is 9.94. The van der Waals surface area contributed by atoms with Crippen LogP contribution in [0.2, 0.25) is 0 Å². The topological polar surface area (TPSA) is 71.3 Å². The first kappa shape index (κ1) is 17.7. The van der Waals surface area contributed by atoms with Crippen molar-refractivity contribution in [3.05, 3.63) is 48.0 Å². The summed E-state index contributed by atoms with van der Waals surface area (Å²) in [4.78, 5) is 33.6. The SMILES string of the molecule is Cn1cc(CCC(=O)N2C[C@H]3CC[C@@H]2CN(C(=O)c2ccncc2)C3)cn1. The van der Waals surface area contributed by atoms with E-state index in [1.165, 1.54) is 0 Å². The molecule has 0 saturated carbocycles. The average Bonchev–Trinajstić information content (AvgIpc) is 2.91. The van der Waals surface area contributed by atoms with Crippen LogP contribution in [0.15, 0.2) is 36.9 Å². The lowest BCUT2D eigenvalue weighted by Crippen LogP contribution is -2.47. The van der Waals surface area contributed by atoms with Crippen molar-refractivity contribution in [3.63, 3.8) is 0 Å². The summed E-state index contributed by atoms with van der Waals surface area (Å²) in [5.41, 5.74) is 1.75. The normalized spacial score (nSPS) is 22.0. The molecule has 5 heterocycles. The molecule has 2 aromatic rings. The van der Waals surface area contributed by atoms with Crippen molar-refractivity contribution in [2.75, 3.05) is 19.6 Å². The molecule has 2 amide bonds. The van der Waals surface area contributed by atoms with Crippen molar-refractivity contribution in [2.45, 2.75) is 31.7 Å². The molecule has 27 heavy (non-hydrogen) atoms. The van der Waals surface area contributed by atoms with Crippen LogP contribution >= 0.6 is 0 Å². The van der Waals surface area contributed by atoms with Crippen LogP contribution in [0.25, 0.3) is 0 Å². The molecule has 0 aromatic carbocycles. The average molecular weight is 367 g/mol. The van der Waals surface area contributed by atoms with Gasteiger partial charge in [-0.15, -0.1) is 0 Å². The molecule has 7 heteroatoms. The van der Waals surface area contributed by atoms with Crippen LogP contribution < -0.4 is 0 Å². The summed E-state index contributed by atoms with van der Waals surface area (Å²) >= 11 is 0. The van der Waals surface area contributed by atoms with Gasteiger partial charge in [-0.1, -0.05) is 0 Å². The number of aromatic nitrogens is 3. The molecule has 2 bridgehead atoms. The zero-order valence-electron chi connectivity index (χ0n) is 15.6. The summed E-state index contributed by atoms with van der Waals surface area (Å²) in [5.74, 6) is 0.586. The van der Waals surface area contributed by atoms with Gasteiger partial charge in [0.05, 0.1) is 6.20 Å². The van der Waals surface area contributed by atoms with E-state index in [2.05, 4.69) is 10.1 Å². The zero-order chi connectivity index (χ0) is 18.8. The third-order valence-corrected chi connectivity index (χ3v) is 5.63. The summed E-state index contributed by atoms with van der Waals surface area (Å²) < 4.78 is 1.76. The minimum Gasteiger partial charge on any atom is -0.338 e. The monoisotopic (exact) mass is 367 g/mol. The largest absolute Gasteiger partial charge is 0.338 e. The highest BCUT2D eigenvalue weighted by atomic mass is 16.2. The predicted molar refractivity (Wildman–Crippen MR) is 99.9 cm³/mol. The Morgan fingerprint density at radius 2 is 1.96 bits per heavy atom. The Morgan fingerprint density at radius 1 is 1.15 bits per heavy atom. The number of aryl methyl sites for hydroxylation is 2. The van der Waals surface area contributed by atoms with E-state index in [4.69, 9.17) is 0 Å². The molecule has 3 saturated heterocycles. The standard InChI is InChI=1S/C20H25N5O2/c1-23-11-15(10-22-23)3-5-19(26)25-13-16-2-4-18(25)14-24(12-16)20(27)17-6-8-21-9-7-17/h6-11,16,18H,2-5,12-14H2,1H3/t16-,18+/m0/s1. The lowest BCUT2D eigenvalue weighted by Gasteiger charge is -2.36. The van der Waals surface area contributed by atoms with E-state index in [0.717, 1.165) is 31.5 Å². The van der Waals surface area contributed by atoms with Gasteiger partial charge in [-0.25, -0.2) is 0 Å². The van der Waals surface area contributed by atoms with Crippen LogP contribution in [0, 0.1) is 5.92 Å². The van der Waals surface area contributed by atoms with E-state index in [-0.39, 0.29) is 17.9 Å². The molecule has 5 rings (SSSR count). The highest BCUT2D eigenvalue weighted by molar-refractivity contribution is 5.94. The van der Waals surface area contributed by atoms with Gasteiger partial charge in [0.25, 0.3) is 5.91 Å². The molecular formula is C20H25N5O2. The van der Waals surface area contributed by atoms with Crippen molar-refractivity contribution in [3.8, 4) is 0 Å². The summed E-state index contributed by atoms with van der Waals surface area (Å²) in [6.07, 6.45) is 10.3. The van der Waals surface area contributed by atoms with Crippen LogP contribution in [0.1, 0.15) is 35.2 Å². The van der Waals surface area contributed by atoms with Gasteiger partial charge in [0, 0.05) is 63.3 Å². The van der Waals surface area contributed by atoms with Gasteiger partial charge >= 0.3 is 0 Å². The summed E-state index contributed by atoms with van der Waals surface area (Å²) in [5, 5.41) is 4.16. The molecule has 142 valence electrons. The summed E-state index contributed by atoms with van der Waals surface area (Å²) in [7, 11) is 1.88. The molecule has 0 spiro atoms. The van der Waals surface area contributed by atoms with Crippen molar-refractivity contribution in [1.82, 2.24) is 24.6 Å². The van der Waals surface area contributed by atoms with E-state index in [0.29, 0.717) is 30.9 Å². The van der Waals surface area contributed by atoms with Gasteiger partial charge in [0.15, 0.2) is 0 Å². The van der Waals surface area contributed by atoms with Crippen molar-refractivity contribution in [1.29, 1.82) is 0 Å². The maximum absolute atomic E-state index is 12.9. The smallest absolute Gasteiger partial charge is 0.254 e. The number of rotatable bonds is 4. The third kappa shape index (κ3) is 3.86. The fourth-order valence-electron chi connectivity index (χ4n) is 4.23. The van der Waals surface area contributed by atoms with Gasteiger partial charge in [-0.2, -0.15) is 5.10 Å². The molecule has 3 aliphatic heterocycles. The molecule has 3 fully saturated rings. The Labute approximate surface area is 159 Å². The van der Waals surface area contributed by atoms with Gasteiger partial charge < -0.3 is 9.80 Å². The Morgan fingerprint density at radius 3 is 2.70 bits per heavy atom. The van der Waals surface area contributed by atoms with Crippen molar-refractivity contribution < 1.29 is 9.59 Å². The highest BCUT2D eigenvalue weighted by Gasteiger charge is 2.38. The molecule has 0 radical (unpaired) electrons. The molecule has 0 aliphatic carbocycles. The van der Waals surface area contributed by atoms with Gasteiger partial charge in [0.2, 0.25) is 5.91 Å². The van der Waals surface area contributed by atoms with E-state index in [9.17, 15) is 9.59 Å². The number of carbonyl (C=O) groups excluding carboxylic acids is 2. The lowest BCUT2D eigenvalue weighted by molar-refractivity contribution is -0.135. The first-order chi connectivity index (χ1) is 13.1. The second-order valence-electron chi connectivity index (χ2n) is 7.61. The Bertz CT molecular complexity index is 819. The van der Waals surface area contributed by atoms with E-state index in [1.54, 1.807) is 29.2 Å². The molecule has 0 N–H and O–H groups in total. The number of hydrogen-bond donors (Lipinski definition) is 0. The second kappa shape index (κ2) is 7.50. The molecular weight excluding hydrogens is 342 g/mol. The molecule has 3 aliphatic rings. The van der Waals surface area contributed by atoms with Crippen molar-refractivity contribution >= 4 is 11.8 Å². The first-order valence-corrected chi connectivity index (χ1v) is 9.56. The van der Waals surface area contributed by atoms with Gasteiger partial charge in [-0.3, -0.25) is 19.3 Å². The van der Waals surface area contributed by atoms with Crippen LogP contribution in [-0.4, -0.2) is 62.1 Å². The van der Waals surface area contributed by atoms with Gasteiger partial charge in [-0.05, 0) is 42.9 Å². The van der Waals surface area contributed by atoms with Crippen molar-refractivity contribution in [2.24, 2.45) is 13.0 Å². The number of carbonyl (C=O) groups is 2. The maximum atomic E-state index is 12.9.